The first-order valence-corrected chi connectivity index (χ1v) is 7.96. The minimum absolute atomic E-state index is 0.0929. The molecule has 0 radical (unpaired) electrons. The number of aromatic nitrogens is 2. The van der Waals surface area contributed by atoms with Crippen molar-refractivity contribution >= 4 is 5.90 Å². The summed E-state index contributed by atoms with van der Waals surface area (Å²) in [6, 6.07) is 13.7. The number of fused-ring (bicyclic) bond motifs is 1. The summed E-state index contributed by atoms with van der Waals surface area (Å²) in [6.45, 7) is 3.90. The molecule has 1 aliphatic heterocycles. The summed E-state index contributed by atoms with van der Waals surface area (Å²) >= 11 is 0. The van der Waals surface area contributed by atoms with Crippen molar-refractivity contribution in [3.8, 4) is 17.6 Å². The molecule has 25 heavy (non-hydrogen) atoms. The lowest BCUT2D eigenvalue weighted by Crippen LogP contribution is -2.31. The Kier molecular flexibility index (Phi) is 3.43. The van der Waals surface area contributed by atoms with E-state index < -0.39 is 11.8 Å². The number of benzene rings is 1. The monoisotopic (exact) mass is 332 g/mol. The van der Waals surface area contributed by atoms with Crippen LogP contribution in [-0.4, -0.2) is 15.7 Å². The fraction of sp³-hybridized carbons (Fsp3) is 0.211. The molecule has 0 amide bonds. The molecule has 0 saturated heterocycles. The summed E-state index contributed by atoms with van der Waals surface area (Å²) in [7, 11) is 0. The summed E-state index contributed by atoms with van der Waals surface area (Å²) in [4.78, 5) is 0. The number of furan rings is 1. The van der Waals surface area contributed by atoms with Gasteiger partial charge in [0.15, 0.2) is 0 Å². The topological polar surface area (TPSA) is 87.8 Å². The molecule has 0 aliphatic carbocycles. The van der Waals surface area contributed by atoms with Gasteiger partial charge in [0.1, 0.15) is 11.7 Å². The minimum Gasteiger partial charge on any atom is -0.469 e. The summed E-state index contributed by atoms with van der Waals surface area (Å²) in [5, 5.41) is 22.3. The lowest BCUT2D eigenvalue weighted by molar-refractivity contribution is 0.391. The number of aryl methyl sites for hydroxylation is 2. The van der Waals surface area contributed by atoms with Crippen LogP contribution in [0.2, 0.25) is 0 Å². The lowest BCUT2D eigenvalue weighted by Gasteiger charge is -2.27. The van der Waals surface area contributed by atoms with Crippen LogP contribution in [0.4, 0.5) is 0 Å². The van der Waals surface area contributed by atoms with Crippen molar-refractivity contribution in [2.24, 2.45) is 5.92 Å². The largest absolute Gasteiger partial charge is 0.469 e. The average Bonchev–Trinajstić information content (AvgIpc) is 3.23. The Hall–Kier alpha value is -3.33. The van der Waals surface area contributed by atoms with Crippen molar-refractivity contribution in [1.82, 2.24) is 9.78 Å². The molecule has 1 N–H and O–H groups in total. The van der Waals surface area contributed by atoms with E-state index in [1.165, 1.54) is 0 Å². The van der Waals surface area contributed by atoms with Crippen LogP contribution in [0.1, 0.15) is 28.5 Å². The molecule has 2 aromatic heterocycles. The number of hydrogen-bond donors (Lipinski definition) is 1. The number of nitrogens with zero attached hydrogens (tertiary/aromatic N) is 3. The number of hydrogen-bond acceptors (Lipinski definition) is 5. The van der Waals surface area contributed by atoms with E-state index in [2.05, 4.69) is 11.2 Å². The zero-order chi connectivity index (χ0) is 17.6. The van der Waals surface area contributed by atoms with Gasteiger partial charge < -0.3 is 9.15 Å². The van der Waals surface area contributed by atoms with Gasteiger partial charge in [0.05, 0.1) is 35.2 Å². The van der Waals surface area contributed by atoms with E-state index in [0.717, 1.165) is 22.5 Å². The van der Waals surface area contributed by atoms with Gasteiger partial charge in [-0.2, -0.15) is 10.4 Å². The van der Waals surface area contributed by atoms with Crippen molar-refractivity contribution in [2.75, 3.05) is 0 Å². The molecule has 0 fully saturated rings. The first-order chi connectivity index (χ1) is 12.1. The van der Waals surface area contributed by atoms with Crippen LogP contribution in [-0.2, 0) is 0 Å². The van der Waals surface area contributed by atoms with Crippen LogP contribution < -0.4 is 4.74 Å². The van der Waals surface area contributed by atoms with E-state index in [4.69, 9.17) is 14.6 Å². The highest BCUT2D eigenvalue weighted by atomic mass is 16.5. The Morgan fingerprint density at radius 3 is 2.60 bits per heavy atom. The number of ether oxygens (including phenoxy) is 1. The molecule has 1 aromatic carbocycles. The number of nitriles is 1. The normalized spacial score (nSPS) is 19.2. The minimum atomic E-state index is -0.743. The van der Waals surface area contributed by atoms with E-state index in [9.17, 15) is 5.26 Å². The third kappa shape index (κ3) is 2.32. The van der Waals surface area contributed by atoms with Gasteiger partial charge in [-0.3, -0.25) is 5.41 Å². The van der Waals surface area contributed by atoms with E-state index in [1.807, 2.05) is 44.2 Å². The second-order valence-electron chi connectivity index (χ2n) is 6.12. The Bertz CT molecular complexity index is 978. The third-order valence-corrected chi connectivity index (χ3v) is 4.46. The average molecular weight is 332 g/mol. The zero-order valence-electron chi connectivity index (χ0n) is 13.9. The van der Waals surface area contributed by atoms with E-state index in [1.54, 1.807) is 17.0 Å². The highest BCUT2D eigenvalue weighted by Crippen LogP contribution is 2.44. The van der Waals surface area contributed by atoms with Crippen LogP contribution in [0.25, 0.3) is 5.69 Å². The molecule has 0 spiro atoms. The molecule has 0 bridgehead atoms. The SMILES string of the molecule is Cc1ccc(-n2nc(C)c3c2OC(=N)C(C#N)C3c2ccco2)cc1. The van der Waals surface area contributed by atoms with Gasteiger partial charge in [-0.1, -0.05) is 17.7 Å². The smallest absolute Gasteiger partial charge is 0.228 e. The predicted molar refractivity (Wildman–Crippen MR) is 91.0 cm³/mol. The molecular weight excluding hydrogens is 316 g/mol. The van der Waals surface area contributed by atoms with Crippen molar-refractivity contribution in [1.29, 1.82) is 10.7 Å². The maximum Gasteiger partial charge on any atom is 0.228 e. The van der Waals surface area contributed by atoms with Crippen molar-refractivity contribution in [2.45, 2.75) is 19.8 Å². The van der Waals surface area contributed by atoms with E-state index in [0.29, 0.717) is 11.6 Å². The maximum absolute atomic E-state index is 9.56. The first-order valence-electron chi connectivity index (χ1n) is 7.96. The second-order valence-corrected chi connectivity index (χ2v) is 6.12. The molecule has 4 rings (SSSR count). The molecule has 3 aromatic rings. The lowest BCUT2D eigenvalue weighted by atomic mass is 9.83. The molecule has 2 atom stereocenters. The molecular formula is C19H16N4O2. The summed E-state index contributed by atoms with van der Waals surface area (Å²) in [6.07, 6.45) is 1.57. The Balaban J connectivity index is 1.93. The van der Waals surface area contributed by atoms with Crippen LogP contribution >= 0.6 is 0 Å². The highest BCUT2D eigenvalue weighted by Gasteiger charge is 2.42. The van der Waals surface area contributed by atoms with Gasteiger partial charge in [0, 0.05) is 0 Å². The third-order valence-electron chi connectivity index (χ3n) is 4.46. The summed E-state index contributed by atoms with van der Waals surface area (Å²) in [5.74, 6) is -0.139. The van der Waals surface area contributed by atoms with Gasteiger partial charge in [-0.15, -0.1) is 0 Å². The number of rotatable bonds is 2. The van der Waals surface area contributed by atoms with Gasteiger partial charge in [-0.05, 0) is 38.1 Å². The Labute approximate surface area is 144 Å². The van der Waals surface area contributed by atoms with Crippen molar-refractivity contribution in [3.63, 3.8) is 0 Å². The fourth-order valence-corrected chi connectivity index (χ4v) is 3.23. The van der Waals surface area contributed by atoms with Gasteiger partial charge in [0.2, 0.25) is 11.8 Å². The van der Waals surface area contributed by atoms with Gasteiger partial charge in [0.25, 0.3) is 0 Å². The maximum atomic E-state index is 9.56. The van der Waals surface area contributed by atoms with Crippen LogP contribution in [0, 0.1) is 36.5 Å². The summed E-state index contributed by atoms with van der Waals surface area (Å²) in [5.41, 5.74) is 3.53. The Morgan fingerprint density at radius 2 is 1.96 bits per heavy atom. The van der Waals surface area contributed by atoms with Crippen LogP contribution in [0.15, 0.2) is 47.1 Å². The number of nitrogens with one attached hydrogen (secondary N) is 1. The molecule has 124 valence electrons. The molecule has 2 unspecified atom stereocenters. The molecule has 0 saturated carbocycles. The van der Waals surface area contributed by atoms with Gasteiger partial charge >= 0.3 is 0 Å². The molecule has 6 heteroatoms. The van der Waals surface area contributed by atoms with Crippen molar-refractivity contribution in [3.05, 3.63) is 65.2 Å². The second kappa shape index (κ2) is 5.64. The first kappa shape index (κ1) is 15.2. The predicted octanol–water partition coefficient (Wildman–Crippen LogP) is 3.72. The van der Waals surface area contributed by atoms with Gasteiger partial charge in [-0.25, -0.2) is 4.68 Å². The van der Waals surface area contributed by atoms with E-state index in [-0.39, 0.29) is 5.90 Å². The molecule has 3 heterocycles. The fourth-order valence-electron chi connectivity index (χ4n) is 3.23. The van der Waals surface area contributed by atoms with Crippen molar-refractivity contribution < 1.29 is 9.15 Å². The standard InChI is InChI=1S/C19H16N4O2/c1-11-5-7-13(8-6-11)23-19-16(12(2)22-23)17(15-4-3-9-24-15)14(10-20)18(21)25-19/h3-9,14,17,21H,1-2H3. The zero-order valence-corrected chi connectivity index (χ0v) is 13.9. The Morgan fingerprint density at radius 1 is 1.20 bits per heavy atom. The quantitative estimate of drug-likeness (QED) is 0.774. The van der Waals surface area contributed by atoms with Crippen LogP contribution in [0.5, 0.6) is 5.88 Å². The van der Waals surface area contributed by atoms with Crippen LogP contribution in [0.3, 0.4) is 0 Å². The highest BCUT2D eigenvalue weighted by molar-refractivity contribution is 5.84. The molecule has 6 nitrogen and oxygen atoms in total. The summed E-state index contributed by atoms with van der Waals surface area (Å²) < 4.78 is 13.0. The van der Waals surface area contributed by atoms with E-state index >= 15 is 0 Å². The molecule has 1 aliphatic rings.